The SMILES string of the molecule is CCOC(=O)N1C(=O)CN(C)C1Nc1ccc(CCNc2nc3ccccc3s2)cc1. The largest absolute Gasteiger partial charge is 0.449 e. The van der Waals surface area contributed by atoms with E-state index in [-0.39, 0.29) is 19.1 Å². The quantitative estimate of drug-likeness (QED) is 0.582. The van der Waals surface area contributed by atoms with E-state index in [9.17, 15) is 9.59 Å². The van der Waals surface area contributed by atoms with Crippen molar-refractivity contribution in [3.05, 3.63) is 54.1 Å². The Morgan fingerprint density at radius 2 is 2.00 bits per heavy atom. The van der Waals surface area contributed by atoms with Crippen molar-refractivity contribution in [3.63, 3.8) is 0 Å². The summed E-state index contributed by atoms with van der Waals surface area (Å²) in [4.78, 5) is 31.8. The maximum absolute atomic E-state index is 12.2. The first-order valence-electron chi connectivity index (χ1n) is 10.2. The molecule has 4 rings (SSSR count). The van der Waals surface area contributed by atoms with Crippen LogP contribution < -0.4 is 10.6 Å². The third-order valence-corrected chi connectivity index (χ3v) is 6.01. The number of nitrogens with one attached hydrogen (secondary N) is 2. The van der Waals surface area contributed by atoms with Crippen molar-refractivity contribution in [2.24, 2.45) is 0 Å². The minimum atomic E-state index is -0.633. The standard InChI is InChI=1S/C22H25N5O3S/c1-3-30-22(29)27-19(28)14-26(2)21(27)24-16-10-8-15(9-11-16)12-13-23-20-25-17-6-4-5-7-18(17)31-20/h4-11,21,24H,3,12-14H2,1-2H3,(H,23,25). The number of thiazole rings is 1. The van der Waals surface area contributed by atoms with Gasteiger partial charge in [0.25, 0.3) is 0 Å². The van der Waals surface area contributed by atoms with Gasteiger partial charge < -0.3 is 15.4 Å². The van der Waals surface area contributed by atoms with E-state index in [1.54, 1.807) is 30.2 Å². The van der Waals surface area contributed by atoms with E-state index in [1.165, 1.54) is 10.3 Å². The molecule has 0 saturated carbocycles. The molecule has 0 bridgehead atoms. The number of amides is 2. The number of carbonyl (C=O) groups is 2. The van der Waals surface area contributed by atoms with Crippen molar-refractivity contribution in [1.82, 2.24) is 14.8 Å². The molecule has 162 valence electrons. The molecule has 3 aromatic rings. The van der Waals surface area contributed by atoms with Gasteiger partial charge in [-0.1, -0.05) is 35.6 Å². The van der Waals surface area contributed by atoms with Crippen LogP contribution in [-0.2, 0) is 16.0 Å². The molecule has 0 radical (unpaired) electrons. The number of hydrogen-bond donors (Lipinski definition) is 2. The van der Waals surface area contributed by atoms with Gasteiger partial charge in [-0.2, -0.15) is 0 Å². The summed E-state index contributed by atoms with van der Waals surface area (Å²) in [6.07, 6.45) is -0.350. The molecular weight excluding hydrogens is 414 g/mol. The summed E-state index contributed by atoms with van der Waals surface area (Å²) < 4.78 is 6.19. The highest BCUT2D eigenvalue weighted by atomic mass is 32.1. The molecule has 1 saturated heterocycles. The van der Waals surface area contributed by atoms with Crippen LogP contribution >= 0.6 is 11.3 Å². The number of aromatic nitrogens is 1. The second kappa shape index (κ2) is 9.32. The van der Waals surface area contributed by atoms with E-state index < -0.39 is 12.4 Å². The molecule has 1 aromatic heterocycles. The molecule has 1 fully saturated rings. The molecule has 1 unspecified atom stereocenters. The van der Waals surface area contributed by atoms with Gasteiger partial charge in [0.15, 0.2) is 11.4 Å². The number of imide groups is 1. The molecule has 2 N–H and O–H groups in total. The number of benzene rings is 2. The fourth-order valence-corrected chi connectivity index (χ4v) is 4.35. The zero-order valence-electron chi connectivity index (χ0n) is 17.5. The fraction of sp³-hybridized carbons (Fsp3) is 0.318. The number of hydrogen-bond acceptors (Lipinski definition) is 8. The summed E-state index contributed by atoms with van der Waals surface area (Å²) in [5.74, 6) is -0.281. The van der Waals surface area contributed by atoms with E-state index in [0.717, 1.165) is 34.2 Å². The van der Waals surface area contributed by atoms with Crippen molar-refractivity contribution >= 4 is 44.4 Å². The van der Waals surface area contributed by atoms with Gasteiger partial charge in [-0.15, -0.1) is 0 Å². The van der Waals surface area contributed by atoms with Gasteiger partial charge in [0.2, 0.25) is 5.91 Å². The number of fused-ring (bicyclic) bond motifs is 1. The normalized spacial score (nSPS) is 16.6. The van der Waals surface area contributed by atoms with Gasteiger partial charge in [-0.25, -0.2) is 14.7 Å². The van der Waals surface area contributed by atoms with Crippen molar-refractivity contribution in [1.29, 1.82) is 0 Å². The van der Waals surface area contributed by atoms with E-state index in [1.807, 2.05) is 42.5 Å². The molecule has 1 atom stereocenters. The first-order valence-corrected chi connectivity index (χ1v) is 11.0. The topological polar surface area (TPSA) is 86.8 Å². The predicted molar refractivity (Wildman–Crippen MR) is 122 cm³/mol. The Hall–Kier alpha value is -3.17. The van der Waals surface area contributed by atoms with Crippen LogP contribution in [0.4, 0.5) is 15.6 Å². The van der Waals surface area contributed by atoms with Crippen molar-refractivity contribution < 1.29 is 14.3 Å². The summed E-state index contributed by atoms with van der Waals surface area (Å²) in [5.41, 5.74) is 3.01. The Kier molecular flexibility index (Phi) is 6.34. The lowest BCUT2D eigenvalue weighted by atomic mass is 10.1. The molecule has 2 heterocycles. The Labute approximate surface area is 184 Å². The maximum Gasteiger partial charge on any atom is 0.419 e. The monoisotopic (exact) mass is 439 g/mol. The summed E-state index contributed by atoms with van der Waals surface area (Å²) in [5, 5.41) is 7.55. The highest BCUT2D eigenvalue weighted by molar-refractivity contribution is 7.22. The summed E-state index contributed by atoms with van der Waals surface area (Å²) >= 11 is 1.65. The third-order valence-electron chi connectivity index (χ3n) is 5.01. The van der Waals surface area contributed by atoms with E-state index in [2.05, 4.69) is 21.7 Å². The average Bonchev–Trinajstić information content (AvgIpc) is 3.29. The number of likely N-dealkylation sites (N-methyl/N-ethyl adjacent to an activating group) is 1. The number of anilines is 2. The number of carbonyl (C=O) groups excluding carboxylic acids is 2. The molecule has 31 heavy (non-hydrogen) atoms. The van der Waals surface area contributed by atoms with Gasteiger partial charge in [0.05, 0.1) is 23.4 Å². The van der Waals surface area contributed by atoms with Crippen LogP contribution in [0.15, 0.2) is 48.5 Å². The first-order chi connectivity index (χ1) is 15.0. The first kappa shape index (κ1) is 21.1. The van der Waals surface area contributed by atoms with E-state index in [0.29, 0.717) is 0 Å². The van der Waals surface area contributed by atoms with Crippen molar-refractivity contribution in [3.8, 4) is 0 Å². The number of ether oxygens (including phenoxy) is 1. The molecule has 8 nitrogen and oxygen atoms in total. The Bertz CT molecular complexity index is 1040. The van der Waals surface area contributed by atoms with Gasteiger partial charge in [-0.3, -0.25) is 9.69 Å². The molecule has 2 amide bonds. The Morgan fingerprint density at radius 3 is 2.74 bits per heavy atom. The molecule has 9 heteroatoms. The van der Waals surface area contributed by atoms with Crippen LogP contribution in [0, 0.1) is 0 Å². The lowest BCUT2D eigenvalue weighted by molar-refractivity contribution is -0.126. The van der Waals surface area contributed by atoms with Crippen molar-refractivity contribution in [2.75, 3.05) is 37.4 Å². The minimum absolute atomic E-state index is 0.159. The molecule has 1 aliphatic heterocycles. The lowest BCUT2D eigenvalue weighted by Crippen LogP contribution is -2.47. The molecular formula is C22H25N5O3S. The summed E-state index contributed by atoms with van der Waals surface area (Å²) in [7, 11) is 1.79. The number of nitrogens with zero attached hydrogens (tertiary/aromatic N) is 3. The Morgan fingerprint density at radius 1 is 1.23 bits per heavy atom. The second-order valence-corrected chi connectivity index (χ2v) is 8.29. The lowest BCUT2D eigenvalue weighted by Gasteiger charge is -2.27. The minimum Gasteiger partial charge on any atom is -0.449 e. The molecule has 1 aliphatic rings. The van der Waals surface area contributed by atoms with Crippen LogP contribution in [0.1, 0.15) is 12.5 Å². The molecule has 2 aromatic carbocycles. The fourth-order valence-electron chi connectivity index (χ4n) is 3.46. The molecule has 0 aliphatic carbocycles. The summed E-state index contributed by atoms with van der Waals surface area (Å²) in [6, 6.07) is 16.1. The van der Waals surface area contributed by atoms with E-state index >= 15 is 0 Å². The average molecular weight is 440 g/mol. The number of rotatable bonds is 7. The predicted octanol–water partition coefficient (Wildman–Crippen LogP) is 3.58. The number of para-hydroxylation sites is 1. The van der Waals surface area contributed by atoms with Crippen molar-refractivity contribution in [2.45, 2.75) is 19.6 Å². The Balaban J connectivity index is 1.33. The zero-order valence-corrected chi connectivity index (χ0v) is 18.3. The van der Waals surface area contributed by atoms with Gasteiger partial charge >= 0.3 is 6.09 Å². The van der Waals surface area contributed by atoms with E-state index in [4.69, 9.17) is 4.74 Å². The van der Waals surface area contributed by atoms with Crippen LogP contribution in [-0.4, -0.2) is 59.8 Å². The smallest absolute Gasteiger partial charge is 0.419 e. The highest BCUT2D eigenvalue weighted by Gasteiger charge is 2.40. The zero-order chi connectivity index (χ0) is 21.8. The van der Waals surface area contributed by atoms with Gasteiger partial charge in [0.1, 0.15) is 0 Å². The maximum atomic E-state index is 12.2. The summed E-state index contributed by atoms with van der Waals surface area (Å²) in [6.45, 7) is 2.88. The second-order valence-electron chi connectivity index (χ2n) is 7.26. The molecule has 0 spiro atoms. The highest BCUT2D eigenvalue weighted by Crippen LogP contribution is 2.25. The third kappa shape index (κ3) is 4.78. The van der Waals surface area contributed by atoms with Crippen LogP contribution in [0.2, 0.25) is 0 Å². The van der Waals surface area contributed by atoms with Crippen LogP contribution in [0.25, 0.3) is 10.2 Å². The van der Waals surface area contributed by atoms with Crippen LogP contribution in [0.5, 0.6) is 0 Å². The van der Waals surface area contributed by atoms with Crippen LogP contribution in [0.3, 0.4) is 0 Å². The van der Waals surface area contributed by atoms with Gasteiger partial charge in [0, 0.05) is 12.2 Å². The van der Waals surface area contributed by atoms with Gasteiger partial charge in [-0.05, 0) is 50.2 Å².